The van der Waals surface area contributed by atoms with Crippen LogP contribution in [0.25, 0.3) is 0 Å². The van der Waals surface area contributed by atoms with E-state index in [1.165, 1.54) is 101 Å². The lowest BCUT2D eigenvalue weighted by molar-refractivity contribution is -0.903. The van der Waals surface area contributed by atoms with Gasteiger partial charge in [0.1, 0.15) is 12.3 Å². The molecule has 1 aromatic rings. The molecular formula is C31H59N3O2+2. The van der Waals surface area contributed by atoms with Gasteiger partial charge in [0.15, 0.2) is 0 Å². The molecule has 0 bridgehead atoms. The Kier molecular flexibility index (Phi) is 16.0. The first-order valence-corrected chi connectivity index (χ1v) is 14.6. The highest BCUT2D eigenvalue weighted by atomic mass is 16.6. The minimum atomic E-state index is -0.325. The standard InChI is InChI=1S/C31H59N3O2/c1-32(2)31(35)36-30-25-21-20-24-29(30)28-34(6,7)27-23-19-17-15-13-11-9-8-10-12-14-16-18-22-26-33(3,4)5/h20-21,24-25H,8-19,22-23,26-28H2,1-7H3/q+2. The third kappa shape index (κ3) is 17.0. The Morgan fingerprint density at radius 1 is 0.667 bits per heavy atom. The Bertz CT molecular complexity index is 710. The molecule has 208 valence electrons. The van der Waals surface area contributed by atoms with Crippen LogP contribution in [0.4, 0.5) is 4.79 Å². The number of nitrogens with zero attached hydrogens (tertiary/aromatic N) is 3. The van der Waals surface area contributed by atoms with Crippen molar-refractivity contribution in [1.82, 2.24) is 4.90 Å². The number of ether oxygens (including phenoxy) is 1. The fourth-order valence-corrected chi connectivity index (χ4v) is 4.71. The number of hydrogen-bond acceptors (Lipinski definition) is 2. The molecule has 0 fully saturated rings. The van der Waals surface area contributed by atoms with Crippen molar-refractivity contribution < 1.29 is 18.5 Å². The highest BCUT2D eigenvalue weighted by Crippen LogP contribution is 2.23. The van der Waals surface area contributed by atoms with E-state index in [9.17, 15) is 4.79 Å². The van der Waals surface area contributed by atoms with Gasteiger partial charge in [0.25, 0.3) is 0 Å². The summed E-state index contributed by atoms with van der Waals surface area (Å²) in [7, 11) is 14.8. The van der Waals surface area contributed by atoms with Gasteiger partial charge in [-0.3, -0.25) is 0 Å². The predicted molar refractivity (Wildman–Crippen MR) is 154 cm³/mol. The van der Waals surface area contributed by atoms with Gasteiger partial charge in [-0.1, -0.05) is 76.3 Å². The number of rotatable bonds is 20. The molecule has 0 spiro atoms. The molecule has 0 aliphatic heterocycles. The van der Waals surface area contributed by atoms with Gasteiger partial charge in [-0.25, -0.2) is 4.79 Å². The second kappa shape index (κ2) is 17.8. The number of carbonyl (C=O) groups is 1. The van der Waals surface area contributed by atoms with Crippen molar-refractivity contribution in [2.24, 2.45) is 0 Å². The summed E-state index contributed by atoms with van der Waals surface area (Å²) in [5, 5.41) is 0. The maximum absolute atomic E-state index is 12.0. The van der Waals surface area contributed by atoms with Gasteiger partial charge in [0.2, 0.25) is 0 Å². The van der Waals surface area contributed by atoms with Gasteiger partial charge in [-0.05, 0) is 37.8 Å². The van der Waals surface area contributed by atoms with Crippen molar-refractivity contribution in [3.8, 4) is 5.75 Å². The summed E-state index contributed by atoms with van der Waals surface area (Å²) < 4.78 is 7.58. The first-order chi connectivity index (χ1) is 17.0. The second-order valence-corrected chi connectivity index (χ2v) is 12.7. The second-order valence-electron chi connectivity index (χ2n) is 12.7. The van der Waals surface area contributed by atoms with Crippen LogP contribution in [-0.4, -0.2) is 82.4 Å². The summed E-state index contributed by atoms with van der Waals surface area (Å²) >= 11 is 0. The lowest BCUT2D eigenvalue weighted by atomic mass is 10.0. The average Bonchev–Trinajstić information content (AvgIpc) is 2.79. The Morgan fingerprint density at radius 3 is 1.53 bits per heavy atom. The van der Waals surface area contributed by atoms with Crippen LogP contribution in [0.1, 0.15) is 95.5 Å². The normalized spacial score (nSPS) is 12.1. The lowest BCUT2D eigenvalue weighted by Crippen LogP contribution is -2.39. The highest BCUT2D eigenvalue weighted by molar-refractivity contribution is 5.70. The number of benzene rings is 1. The molecule has 5 heteroatoms. The molecule has 0 unspecified atom stereocenters. The topological polar surface area (TPSA) is 29.5 Å². The summed E-state index contributed by atoms with van der Waals surface area (Å²) in [4.78, 5) is 13.4. The van der Waals surface area contributed by atoms with E-state index in [0.29, 0.717) is 5.75 Å². The predicted octanol–water partition coefficient (Wildman–Crippen LogP) is 7.49. The van der Waals surface area contributed by atoms with Crippen molar-refractivity contribution >= 4 is 6.09 Å². The maximum Gasteiger partial charge on any atom is 0.414 e. The molecule has 1 rings (SSSR count). The number of quaternary nitrogens is 2. The van der Waals surface area contributed by atoms with Crippen molar-refractivity contribution in [2.75, 3.05) is 62.4 Å². The molecule has 0 atom stereocenters. The molecule has 0 aromatic heterocycles. The summed E-state index contributed by atoms with van der Waals surface area (Å²) in [5.41, 5.74) is 1.09. The lowest BCUT2D eigenvalue weighted by Gasteiger charge is -2.30. The Morgan fingerprint density at radius 2 is 1.08 bits per heavy atom. The van der Waals surface area contributed by atoms with Crippen LogP contribution in [-0.2, 0) is 6.54 Å². The van der Waals surface area contributed by atoms with Crippen LogP contribution in [0, 0.1) is 0 Å². The summed E-state index contributed by atoms with van der Waals surface area (Å²) in [6.45, 7) is 3.32. The first kappa shape index (κ1) is 32.4. The van der Waals surface area contributed by atoms with Crippen LogP contribution >= 0.6 is 0 Å². The largest absolute Gasteiger partial charge is 0.414 e. The van der Waals surface area contributed by atoms with Crippen molar-refractivity contribution in [1.29, 1.82) is 0 Å². The van der Waals surface area contributed by atoms with Gasteiger partial charge in [-0.2, -0.15) is 0 Å². The quantitative estimate of drug-likeness (QED) is 0.136. The highest BCUT2D eigenvalue weighted by Gasteiger charge is 2.19. The van der Waals surface area contributed by atoms with Gasteiger partial charge in [-0.15, -0.1) is 0 Å². The van der Waals surface area contributed by atoms with Crippen molar-refractivity contribution in [3.63, 3.8) is 0 Å². The van der Waals surface area contributed by atoms with E-state index < -0.39 is 0 Å². The fraction of sp³-hybridized carbons (Fsp3) is 0.774. The van der Waals surface area contributed by atoms with Crippen LogP contribution < -0.4 is 4.74 Å². The SMILES string of the molecule is CN(C)C(=O)Oc1ccccc1C[N+](C)(C)CCCCCCCCCCCCCCCC[N+](C)(C)C. The molecule has 1 aromatic carbocycles. The number of hydrogen-bond donors (Lipinski definition) is 0. The van der Waals surface area contributed by atoms with Crippen LogP contribution in [0.2, 0.25) is 0 Å². The molecule has 0 heterocycles. The number of amides is 1. The minimum Gasteiger partial charge on any atom is -0.410 e. The monoisotopic (exact) mass is 505 g/mol. The zero-order chi connectivity index (χ0) is 26.9. The molecule has 0 saturated carbocycles. The van der Waals surface area contributed by atoms with Gasteiger partial charge < -0.3 is 18.6 Å². The van der Waals surface area contributed by atoms with E-state index in [0.717, 1.165) is 27.6 Å². The van der Waals surface area contributed by atoms with E-state index in [-0.39, 0.29) is 6.09 Å². The van der Waals surface area contributed by atoms with Crippen LogP contribution in [0.5, 0.6) is 5.75 Å². The van der Waals surface area contributed by atoms with Crippen LogP contribution in [0.3, 0.4) is 0 Å². The number of carbonyl (C=O) groups excluding carboxylic acids is 1. The fourth-order valence-electron chi connectivity index (χ4n) is 4.71. The van der Waals surface area contributed by atoms with Gasteiger partial charge >= 0.3 is 6.09 Å². The number of unbranched alkanes of at least 4 members (excludes halogenated alkanes) is 13. The van der Waals surface area contributed by atoms with Crippen molar-refractivity contribution in [2.45, 2.75) is 96.4 Å². The molecular weight excluding hydrogens is 446 g/mol. The maximum atomic E-state index is 12.0. The molecule has 5 nitrogen and oxygen atoms in total. The smallest absolute Gasteiger partial charge is 0.410 e. The summed E-state index contributed by atoms with van der Waals surface area (Å²) in [6, 6.07) is 7.92. The summed E-state index contributed by atoms with van der Waals surface area (Å²) in [6.07, 6.45) is 19.1. The Hall–Kier alpha value is -1.59. The first-order valence-electron chi connectivity index (χ1n) is 14.6. The molecule has 0 aliphatic carbocycles. The molecule has 0 N–H and O–H groups in total. The van der Waals surface area contributed by atoms with E-state index in [1.54, 1.807) is 14.1 Å². The zero-order valence-corrected chi connectivity index (χ0v) is 25.0. The molecule has 36 heavy (non-hydrogen) atoms. The van der Waals surface area contributed by atoms with E-state index in [1.807, 2.05) is 18.2 Å². The van der Waals surface area contributed by atoms with E-state index in [2.05, 4.69) is 41.3 Å². The molecule has 1 amide bonds. The third-order valence-corrected chi connectivity index (χ3v) is 6.98. The molecule has 0 saturated heterocycles. The summed E-state index contributed by atoms with van der Waals surface area (Å²) in [5.74, 6) is 0.679. The third-order valence-electron chi connectivity index (χ3n) is 6.98. The van der Waals surface area contributed by atoms with Crippen LogP contribution in [0.15, 0.2) is 24.3 Å². The zero-order valence-electron chi connectivity index (χ0n) is 25.0. The Labute approximate surface area is 224 Å². The Balaban J connectivity index is 2.04. The average molecular weight is 506 g/mol. The van der Waals surface area contributed by atoms with Gasteiger partial charge in [0, 0.05) is 19.7 Å². The van der Waals surface area contributed by atoms with E-state index >= 15 is 0 Å². The molecule has 0 radical (unpaired) electrons. The number of para-hydroxylation sites is 1. The molecule has 0 aliphatic rings. The van der Waals surface area contributed by atoms with E-state index in [4.69, 9.17) is 4.74 Å². The van der Waals surface area contributed by atoms with Gasteiger partial charge in [0.05, 0.1) is 48.3 Å². The minimum absolute atomic E-state index is 0.325. The van der Waals surface area contributed by atoms with Crippen molar-refractivity contribution in [3.05, 3.63) is 29.8 Å².